The lowest BCUT2D eigenvalue weighted by Gasteiger charge is -2.18. The van der Waals surface area contributed by atoms with Crippen molar-refractivity contribution in [2.45, 2.75) is 11.3 Å². The van der Waals surface area contributed by atoms with Gasteiger partial charge in [0.15, 0.2) is 0 Å². The van der Waals surface area contributed by atoms with Crippen LogP contribution < -0.4 is 9.62 Å². The molecule has 1 aliphatic rings. The molecule has 1 heterocycles. The summed E-state index contributed by atoms with van der Waals surface area (Å²) in [6.45, 7) is 0.319. The lowest BCUT2D eigenvalue weighted by atomic mass is 10.1. The Morgan fingerprint density at radius 1 is 1.06 bits per heavy atom. The summed E-state index contributed by atoms with van der Waals surface area (Å²) in [6.07, 6.45) is 0.534. The molecule has 4 rings (SSSR count). The summed E-state index contributed by atoms with van der Waals surface area (Å²) in [4.78, 5) is 24.8. The van der Waals surface area contributed by atoms with Gasteiger partial charge in [-0.2, -0.15) is 0 Å². The lowest BCUT2D eigenvalue weighted by Crippen LogP contribution is -2.29. The van der Waals surface area contributed by atoms with Crippen molar-refractivity contribution in [2.75, 3.05) is 16.2 Å². The summed E-state index contributed by atoms with van der Waals surface area (Å²) < 4.78 is 41.4. The van der Waals surface area contributed by atoms with Gasteiger partial charge in [-0.1, -0.05) is 24.3 Å². The van der Waals surface area contributed by atoms with Gasteiger partial charge in [0.2, 0.25) is 0 Å². The molecule has 0 saturated heterocycles. The number of rotatable bonds is 5. The quantitative estimate of drug-likeness (QED) is 0.479. The number of non-ortho nitro benzene ring substituents is 1. The van der Waals surface area contributed by atoms with Crippen molar-refractivity contribution in [2.24, 2.45) is 0 Å². The van der Waals surface area contributed by atoms with E-state index in [1.807, 2.05) is 0 Å². The van der Waals surface area contributed by atoms with E-state index in [0.29, 0.717) is 18.7 Å². The smallest absolute Gasteiger partial charge is 0.271 e. The topological polar surface area (TPSA) is 110 Å². The summed E-state index contributed by atoms with van der Waals surface area (Å²) in [5.41, 5.74) is 0.973. The predicted octanol–water partition coefficient (Wildman–Crippen LogP) is 3.74. The Hall–Kier alpha value is -3.79. The molecule has 0 atom stereocenters. The molecule has 1 aliphatic heterocycles. The third-order valence-electron chi connectivity index (χ3n) is 4.93. The molecule has 1 N–H and O–H groups in total. The molecule has 158 valence electrons. The van der Waals surface area contributed by atoms with Crippen LogP contribution in [-0.4, -0.2) is 25.8 Å². The van der Waals surface area contributed by atoms with E-state index in [1.165, 1.54) is 59.5 Å². The second kappa shape index (κ2) is 7.80. The molecular weight excluding hydrogens is 425 g/mol. The van der Waals surface area contributed by atoms with Crippen LogP contribution in [0.4, 0.5) is 21.5 Å². The maximum absolute atomic E-state index is 13.8. The van der Waals surface area contributed by atoms with Crippen LogP contribution in [-0.2, 0) is 16.4 Å². The third-order valence-corrected chi connectivity index (χ3v) is 6.29. The van der Waals surface area contributed by atoms with Gasteiger partial charge in [0.05, 0.1) is 21.2 Å². The fourth-order valence-corrected chi connectivity index (χ4v) is 4.50. The highest BCUT2D eigenvalue weighted by Crippen LogP contribution is 2.33. The third kappa shape index (κ3) is 3.97. The molecule has 3 aromatic rings. The predicted molar refractivity (Wildman–Crippen MR) is 112 cm³/mol. The maximum Gasteiger partial charge on any atom is 0.271 e. The van der Waals surface area contributed by atoms with Gasteiger partial charge in [-0.3, -0.25) is 19.6 Å². The van der Waals surface area contributed by atoms with E-state index in [0.717, 1.165) is 11.6 Å². The maximum atomic E-state index is 13.8. The first kappa shape index (κ1) is 20.5. The first-order valence-corrected chi connectivity index (χ1v) is 10.7. The van der Waals surface area contributed by atoms with Crippen LogP contribution in [0.25, 0.3) is 0 Å². The lowest BCUT2D eigenvalue weighted by molar-refractivity contribution is -0.384. The summed E-state index contributed by atoms with van der Waals surface area (Å²) in [7, 11) is -4.14. The fourth-order valence-electron chi connectivity index (χ4n) is 3.39. The molecule has 10 heteroatoms. The number of benzene rings is 3. The Kier molecular flexibility index (Phi) is 5.15. The molecule has 0 fully saturated rings. The second-order valence-electron chi connectivity index (χ2n) is 6.89. The monoisotopic (exact) mass is 441 g/mol. The van der Waals surface area contributed by atoms with Crippen LogP contribution in [0.1, 0.15) is 15.9 Å². The molecule has 3 aromatic carbocycles. The van der Waals surface area contributed by atoms with E-state index >= 15 is 0 Å². The fraction of sp³-hybridized carbons (Fsp3) is 0.0952. The summed E-state index contributed by atoms with van der Waals surface area (Å²) in [5, 5.41) is 11.1. The van der Waals surface area contributed by atoms with Gasteiger partial charge in [-0.15, -0.1) is 0 Å². The van der Waals surface area contributed by atoms with Crippen LogP contribution in [0.3, 0.4) is 0 Å². The van der Waals surface area contributed by atoms with Crippen molar-refractivity contribution in [1.29, 1.82) is 0 Å². The Morgan fingerprint density at radius 3 is 2.58 bits per heavy atom. The molecule has 0 unspecified atom stereocenters. The Morgan fingerprint density at radius 2 is 1.84 bits per heavy atom. The van der Waals surface area contributed by atoms with Crippen molar-refractivity contribution in [3.63, 3.8) is 0 Å². The van der Waals surface area contributed by atoms with Crippen LogP contribution >= 0.6 is 0 Å². The normalized spacial score (nSPS) is 13.0. The Labute approximate surface area is 177 Å². The van der Waals surface area contributed by atoms with E-state index in [4.69, 9.17) is 0 Å². The second-order valence-corrected chi connectivity index (χ2v) is 8.57. The number of sulfonamides is 1. The molecule has 0 radical (unpaired) electrons. The van der Waals surface area contributed by atoms with Gasteiger partial charge in [0.1, 0.15) is 5.82 Å². The van der Waals surface area contributed by atoms with Crippen LogP contribution in [0.15, 0.2) is 71.6 Å². The van der Waals surface area contributed by atoms with E-state index in [9.17, 15) is 27.7 Å². The SMILES string of the molecule is O=C(c1cccc(S(=O)(=O)Nc2ccccc2F)c1)N1CCc2ccc([N+](=O)[O-])cc21. The van der Waals surface area contributed by atoms with Crippen LogP contribution in [0.2, 0.25) is 0 Å². The van der Waals surface area contributed by atoms with Crippen LogP contribution in [0, 0.1) is 15.9 Å². The van der Waals surface area contributed by atoms with E-state index < -0.39 is 26.7 Å². The molecule has 0 bridgehead atoms. The Balaban J connectivity index is 1.64. The summed E-state index contributed by atoms with van der Waals surface area (Å²) >= 11 is 0. The Bertz CT molecular complexity index is 1310. The minimum absolute atomic E-state index is 0.0933. The van der Waals surface area contributed by atoms with Gasteiger partial charge < -0.3 is 4.90 Å². The number of nitrogens with one attached hydrogen (secondary N) is 1. The number of halogens is 1. The minimum atomic E-state index is -4.14. The first-order chi connectivity index (χ1) is 14.8. The van der Waals surface area contributed by atoms with E-state index in [1.54, 1.807) is 6.07 Å². The van der Waals surface area contributed by atoms with Crippen molar-refractivity contribution in [3.05, 3.63) is 93.8 Å². The molecule has 0 aliphatic carbocycles. The number of nitro groups is 1. The molecule has 0 spiro atoms. The van der Waals surface area contributed by atoms with Crippen molar-refractivity contribution in [1.82, 2.24) is 0 Å². The molecule has 31 heavy (non-hydrogen) atoms. The average molecular weight is 441 g/mol. The zero-order chi connectivity index (χ0) is 22.2. The number of amides is 1. The number of hydrogen-bond donors (Lipinski definition) is 1. The summed E-state index contributed by atoms with van der Waals surface area (Å²) in [5.74, 6) is -1.21. The molecule has 1 amide bonds. The van der Waals surface area contributed by atoms with Gasteiger partial charge in [-0.05, 0) is 42.3 Å². The van der Waals surface area contributed by atoms with Gasteiger partial charge in [-0.25, -0.2) is 12.8 Å². The molecular formula is C21H16FN3O5S. The standard InChI is InChI=1S/C21H16FN3O5S/c22-18-6-1-2-7-19(18)23-31(29,30)17-5-3-4-15(12-17)21(26)24-11-10-14-8-9-16(25(27)28)13-20(14)24/h1-9,12-13,23H,10-11H2. The number of para-hydroxylation sites is 1. The molecule has 0 saturated carbocycles. The largest absolute Gasteiger partial charge is 0.307 e. The zero-order valence-corrected chi connectivity index (χ0v) is 16.8. The van der Waals surface area contributed by atoms with Gasteiger partial charge in [0, 0.05) is 24.2 Å². The van der Waals surface area contributed by atoms with Crippen LogP contribution in [0.5, 0.6) is 0 Å². The number of carbonyl (C=O) groups excluding carboxylic acids is 1. The highest BCUT2D eigenvalue weighted by molar-refractivity contribution is 7.92. The molecule has 8 nitrogen and oxygen atoms in total. The number of fused-ring (bicyclic) bond motifs is 1. The minimum Gasteiger partial charge on any atom is -0.307 e. The number of nitrogens with zero attached hydrogens (tertiary/aromatic N) is 2. The van der Waals surface area contributed by atoms with E-state index in [-0.39, 0.29) is 21.8 Å². The highest BCUT2D eigenvalue weighted by Gasteiger charge is 2.28. The first-order valence-electron chi connectivity index (χ1n) is 9.23. The van der Waals surface area contributed by atoms with Crippen molar-refractivity contribution in [3.8, 4) is 0 Å². The number of hydrogen-bond acceptors (Lipinski definition) is 5. The van der Waals surface area contributed by atoms with Gasteiger partial charge >= 0.3 is 0 Å². The number of carbonyl (C=O) groups is 1. The summed E-state index contributed by atoms with van der Waals surface area (Å²) in [6, 6.07) is 15.0. The number of nitro benzene ring substituents is 1. The average Bonchev–Trinajstić information content (AvgIpc) is 3.18. The van der Waals surface area contributed by atoms with Crippen molar-refractivity contribution >= 4 is 33.0 Å². The molecule has 0 aromatic heterocycles. The van der Waals surface area contributed by atoms with Crippen molar-refractivity contribution < 1.29 is 22.5 Å². The highest BCUT2D eigenvalue weighted by atomic mass is 32.2. The van der Waals surface area contributed by atoms with E-state index in [2.05, 4.69) is 4.72 Å². The number of anilines is 2. The zero-order valence-electron chi connectivity index (χ0n) is 16.0. The van der Waals surface area contributed by atoms with Gasteiger partial charge in [0.25, 0.3) is 21.6 Å².